The van der Waals surface area contributed by atoms with E-state index < -0.39 is 11.7 Å². The topological polar surface area (TPSA) is 97.0 Å². The fourth-order valence-corrected chi connectivity index (χ4v) is 2.84. The van der Waals surface area contributed by atoms with Gasteiger partial charge in [-0.1, -0.05) is 0 Å². The second kappa shape index (κ2) is 7.77. The fourth-order valence-electron chi connectivity index (χ4n) is 2.84. The second-order valence-corrected chi connectivity index (χ2v) is 6.25. The molecule has 3 rings (SSSR count). The van der Waals surface area contributed by atoms with Gasteiger partial charge in [-0.25, -0.2) is 10.1 Å². The first-order valence-corrected chi connectivity index (χ1v) is 8.38. The Labute approximate surface area is 152 Å². The molecule has 2 aromatic rings. The largest absolute Gasteiger partial charge is 0.474 e. The molecule has 0 unspecified atom stereocenters. The Hall–Kier alpha value is -2.91. The van der Waals surface area contributed by atoms with Crippen molar-refractivity contribution in [2.75, 3.05) is 0 Å². The number of pyridine rings is 1. The molecule has 7 nitrogen and oxygen atoms in total. The molecule has 0 spiro atoms. The van der Waals surface area contributed by atoms with E-state index in [1.54, 1.807) is 0 Å². The van der Waals surface area contributed by atoms with Crippen molar-refractivity contribution in [2.45, 2.75) is 44.0 Å². The van der Waals surface area contributed by atoms with E-state index in [0.29, 0.717) is 25.7 Å². The molecular formula is C17H17F3N4O3. The van der Waals surface area contributed by atoms with Crippen LogP contribution in [0.5, 0.6) is 5.88 Å². The summed E-state index contributed by atoms with van der Waals surface area (Å²) in [5.41, 5.74) is -1.08. The van der Waals surface area contributed by atoms with Crippen LogP contribution in [0.2, 0.25) is 0 Å². The molecule has 0 radical (unpaired) electrons. The predicted octanol–water partition coefficient (Wildman–Crippen LogP) is 2.30. The van der Waals surface area contributed by atoms with E-state index in [9.17, 15) is 22.8 Å². The number of aromatic nitrogens is 3. The first-order valence-electron chi connectivity index (χ1n) is 8.38. The number of halogens is 3. The summed E-state index contributed by atoms with van der Waals surface area (Å²) < 4.78 is 43.2. The Bertz CT molecular complexity index is 823. The molecule has 2 heterocycles. The molecule has 1 saturated carbocycles. The van der Waals surface area contributed by atoms with Crippen LogP contribution in [0.3, 0.4) is 0 Å². The van der Waals surface area contributed by atoms with Crippen molar-refractivity contribution < 1.29 is 22.7 Å². The molecule has 1 amide bonds. The number of aromatic amines is 1. The highest BCUT2D eigenvalue weighted by Crippen LogP contribution is 2.30. The third-order valence-electron chi connectivity index (χ3n) is 4.27. The van der Waals surface area contributed by atoms with Crippen LogP contribution in [0.1, 0.15) is 41.7 Å². The monoisotopic (exact) mass is 382 g/mol. The highest BCUT2D eigenvalue weighted by Gasteiger charge is 2.31. The zero-order chi connectivity index (χ0) is 19.4. The van der Waals surface area contributed by atoms with Gasteiger partial charge in [0.1, 0.15) is 11.8 Å². The third-order valence-corrected chi connectivity index (χ3v) is 4.27. The minimum atomic E-state index is -4.43. The fraction of sp³-hybridized carbons (Fsp3) is 0.412. The van der Waals surface area contributed by atoms with Crippen molar-refractivity contribution in [1.29, 1.82) is 0 Å². The molecule has 2 N–H and O–H groups in total. The number of amides is 1. The quantitative estimate of drug-likeness (QED) is 0.846. The van der Waals surface area contributed by atoms with Crippen molar-refractivity contribution in [2.24, 2.45) is 0 Å². The number of carbonyl (C=O) groups excluding carboxylic acids is 1. The lowest BCUT2D eigenvalue weighted by molar-refractivity contribution is -0.137. The van der Waals surface area contributed by atoms with E-state index >= 15 is 0 Å². The highest BCUT2D eigenvalue weighted by molar-refractivity contribution is 5.92. The summed E-state index contributed by atoms with van der Waals surface area (Å²) in [5, 5.41) is 8.72. The van der Waals surface area contributed by atoms with Gasteiger partial charge in [-0.2, -0.15) is 18.3 Å². The van der Waals surface area contributed by atoms with Gasteiger partial charge >= 0.3 is 6.18 Å². The SMILES string of the molecule is O=C(NC1CCC(Oc2ccc(C(F)(F)F)cn2)CC1)c1ccc(=O)[nH]n1. The second-order valence-electron chi connectivity index (χ2n) is 6.25. The molecule has 0 saturated heterocycles. The first kappa shape index (κ1) is 18.9. The van der Waals surface area contributed by atoms with E-state index in [1.807, 2.05) is 0 Å². The Kier molecular flexibility index (Phi) is 5.43. The number of carbonyl (C=O) groups is 1. The van der Waals surface area contributed by atoms with Crippen LogP contribution in [0.15, 0.2) is 35.3 Å². The molecule has 10 heteroatoms. The van der Waals surface area contributed by atoms with Crippen molar-refractivity contribution in [3.05, 3.63) is 52.1 Å². The van der Waals surface area contributed by atoms with Crippen LogP contribution in [0.25, 0.3) is 0 Å². The van der Waals surface area contributed by atoms with Gasteiger partial charge in [-0.15, -0.1) is 0 Å². The Morgan fingerprint density at radius 3 is 2.44 bits per heavy atom. The van der Waals surface area contributed by atoms with Crippen molar-refractivity contribution in [3.63, 3.8) is 0 Å². The average Bonchev–Trinajstić information content (AvgIpc) is 2.63. The maximum absolute atomic E-state index is 12.5. The van der Waals surface area contributed by atoms with Gasteiger partial charge in [0.05, 0.1) is 5.56 Å². The lowest BCUT2D eigenvalue weighted by Crippen LogP contribution is -2.40. The van der Waals surface area contributed by atoms with Crippen LogP contribution >= 0.6 is 0 Å². The molecule has 1 fully saturated rings. The van der Waals surface area contributed by atoms with Gasteiger partial charge in [-0.3, -0.25) is 9.59 Å². The summed E-state index contributed by atoms with van der Waals surface area (Å²) in [6.07, 6.45) is -1.28. The number of hydrogen-bond donors (Lipinski definition) is 2. The minimum absolute atomic E-state index is 0.0633. The summed E-state index contributed by atoms with van der Waals surface area (Å²) in [4.78, 5) is 26.7. The van der Waals surface area contributed by atoms with Gasteiger partial charge in [-0.05, 0) is 37.8 Å². The molecule has 1 aliphatic carbocycles. The molecule has 0 atom stereocenters. The minimum Gasteiger partial charge on any atom is -0.474 e. The van der Waals surface area contributed by atoms with Crippen LogP contribution in [0, 0.1) is 0 Å². The predicted molar refractivity (Wildman–Crippen MR) is 88.2 cm³/mol. The van der Waals surface area contributed by atoms with E-state index in [-0.39, 0.29) is 35.2 Å². The number of ether oxygens (including phenoxy) is 1. The number of alkyl halides is 3. The van der Waals surface area contributed by atoms with Gasteiger partial charge in [0.2, 0.25) is 5.88 Å². The molecule has 0 aromatic carbocycles. The number of hydrogen-bond acceptors (Lipinski definition) is 5. The molecule has 144 valence electrons. The lowest BCUT2D eigenvalue weighted by Gasteiger charge is -2.29. The maximum Gasteiger partial charge on any atom is 0.417 e. The van der Waals surface area contributed by atoms with Crippen LogP contribution in [0.4, 0.5) is 13.2 Å². The van der Waals surface area contributed by atoms with E-state index in [0.717, 1.165) is 12.3 Å². The lowest BCUT2D eigenvalue weighted by atomic mass is 9.93. The molecule has 27 heavy (non-hydrogen) atoms. The van der Waals surface area contributed by atoms with Crippen LogP contribution < -0.4 is 15.6 Å². The van der Waals surface area contributed by atoms with E-state index in [1.165, 1.54) is 18.2 Å². The van der Waals surface area contributed by atoms with Crippen molar-refractivity contribution >= 4 is 5.91 Å². The normalized spacial score (nSPS) is 20.1. The summed E-state index contributed by atoms with van der Waals surface area (Å²) in [6.45, 7) is 0. The van der Waals surface area contributed by atoms with Gasteiger partial charge < -0.3 is 10.1 Å². The van der Waals surface area contributed by atoms with Gasteiger partial charge in [0.15, 0.2) is 0 Å². The third kappa shape index (κ3) is 5.05. The Morgan fingerprint density at radius 2 is 1.89 bits per heavy atom. The van der Waals surface area contributed by atoms with Crippen LogP contribution in [-0.2, 0) is 6.18 Å². The first-order chi connectivity index (χ1) is 12.8. The number of H-pyrrole nitrogens is 1. The Balaban J connectivity index is 1.48. The number of rotatable bonds is 4. The van der Waals surface area contributed by atoms with Gasteiger partial charge in [0, 0.05) is 24.4 Å². The van der Waals surface area contributed by atoms with Crippen molar-refractivity contribution in [1.82, 2.24) is 20.5 Å². The standard InChI is InChI=1S/C17H17F3N4O3/c18-17(19,20)10-1-8-15(21-9-10)27-12-4-2-11(3-5-12)22-16(26)13-6-7-14(25)24-23-13/h1,6-9,11-12H,2-5H2,(H,22,26)(H,24,25). The van der Waals surface area contributed by atoms with Gasteiger partial charge in [0.25, 0.3) is 11.5 Å². The summed E-state index contributed by atoms with van der Waals surface area (Å²) in [6, 6.07) is 4.65. The summed E-state index contributed by atoms with van der Waals surface area (Å²) in [7, 11) is 0. The summed E-state index contributed by atoms with van der Waals surface area (Å²) in [5.74, 6) is -0.229. The maximum atomic E-state index is 12.5. The number of nitrogens with one attached hydrogen (secondary N) is 2. The number of nitrogens with zero attached hydrogens (tertiary/aromatic N) is 2. The average molecular weight is 382 g/mol. The van der Waals surface area contributed by atoms with Crippen LogP contribution in [-0.4, -0.2) is 33.2 Å². The molecule has 0 aliphatic heterocycles. The van der Waals surface area contributed by atoms with E-state index in [4.69, 9.17) is 4.74 Å². The zero-order valence-corrected chi connectivity index (χ0v) is 14.1. The molecule has 1 aliphatic rings. The molecule has 2 aromatic heterocycles. The van der Waals surface area contributed by atoms with E-state index in [2.05, 4.69) is 20.5 Å². The zero-order valence-electron chi connectivity index (χ0n) is 14.1. The Morgan fingerprint density at radius 1 is 1.15 bits per heavy atom. The highest BCUT2D eigenvalue weighted by atomic mass is 19.4. The summed E-state index contributed by atoms with van der Waals surface area (Å²) >= 11 is 0. The van der Waals surface area contributed by atoms with Crippen molar-refractivity contribution in [3.8, 4) is 5.88 Å². The molecule has 0 bridgehead atoms. The smallest absolute Gasteiger partial charge is 0.417 e. The molecular weight excluding hydrogens is 365 g/mol.